The zero-order valence-electron chi connectivity index (χ0n) is 16.4. The van der Waals surface area contributed by atoms with E-state index in [0.717, 1.165) is 45.1 Å². The van der Waals surface area contributed by atoms with Crippen molar-refractivity contribution in [3.63, 3.8) is 0 Å². The van der Waals surface area contributed by atoms with E-state index in [1.54, 1.807) is 6.92 Å². The first kappa shape index (κ1) is 21.3. The summed E-state index contributed by atoms with van der Waals surface area (Å²) in [4.78, 5) is 28.0. The van der Waals surface area contributed by atoms with Crippen LogP contribution in [0.2, 0.25) is 0 Å². The zero-order valence-corrected chi connectivity index (χ0v) is 17.2. The number of ether oxygens (including phenoxy) is 1. The summed E-state index contributed by atoms with van der Waals surface area (Å²) in [5.41, 5.74) is 4.16. The lowest BCUT2D eigenvalue weighted by Gasteiger charge is -2.07. The summed E-state index contributed by atoms with van der Waals surface area (Å²) < 4.78 is 49.7. The fourth-order valence-corrected chi connectivity index (χ4v) is 3.69. The van der Waals surface area contributed by atoms with Gasteiger partial charge in [0.25, 0.3) is 5.91 Å². The molecule has 0 aliphatic rings. The van der Waals surface area contributed by atoms with Crippen LogP contribution in [0.1, 0.15) is 21.1 Å². The van der Waals surface area contributed by atoms with Gasteiger partial charge in [-0.1, -0.05) is 17.4 Å². The normalized spacial score (nSPS) is 11.0. The standard InChI is InChI=1S/C20H14F3N5O3S/c1-10-26-17(18(24)29)19(32-10)31-16-6-5-11(7-15(16)23)28-20(30)27(9-25-28)8-12-13(21)3-2-4-14(12)22/h2-7,9H,8H2,1H3,(H2,24,29). The summed E-state index contributed by atoms with van der Waals surface area (Å²) in [5, 5.41) is 4.43. The highest BCUT2D eigenvalue weighted by atomic mass is 32.1. The van der Waals surface area contributed by atoms with Crippen LogP contribution in [0.4, 0.5) is 13.2 Å². The lowest BCUT2D eigenvalue weighted by Crippen LogP contribution is -2.24. The number of aryl methyl sites for hydroxylation is 1. The van der Waals surface area contributed by atoms with Gasteiger partial charge in [0.2, 0.25) is 5.06 Å². The molecule has 0 saturated heterocycles. The first-order chi connectivity index (χ1) is 15.2. The molecule has 8 nitrogen and oxygen atoms in total. The number of primary amides is 1. The number of aromatic nitrogens is 4. The average molecular weight is 461 g/mol. The summed E-state index contributed by atoms with van der Waals surface area (Å²) in [6, 6.07) is 6.97. The fourth-order valence-electron chi connectivity index (χ4n) is 2.91. The minimum absolute atomic E-state index is 0.0370. The van der Waals surface area contributed by atoms with E-state index in [0.29, 0.717) is 5.01 Å². The number of thiazole rings is 1. The zero-order chi connectivity index (χ0) is 23.0. The topological polar surface area (TPSA) is 105 Å². The Hall–Kier alpha value is -3.93. The van der Waals surface area contributed by atoms with Gasteiger partial charge in [-0.3, -0.25) is 9.36 Å². The van der Waals surface area contributed by atoms with Crippen molar-refractivity contribution in [2.24, 2.45) is 5.73 Å². The molecule has 0 radical (unpaired) electrons. The number of carbonyl (C=O) groups excluding carboxylic acids is 1. The Morgan fingerprint density at radius 1 is 1.16 bits per heavy atom. The van der Waals surface area contributed by atoms with Crippen LogP contribution in [0.25, 0.3) is 5.69 Å². The molecule has 164 valence electrons. The molecule has 4 aromatic rings. The lowest BCUT2D eigenvalue weighted by atomic mass is 10.2. The molecule has 12 heteroatoms. The predicted molar refractivity (Wildman–Crippen MR) is 109 cm³/mol. The summed E-state index contributed by atoms with van der Waals surface area (Å²) in [7, 11) is 0. The average Bonchev–Trinajstić information content (AvgIpc) is 3.29. The molecular formula is C20H14F3N5O3S. The highest BCUT2D eigenvalue weighted by Gasteiger charge is 2.19. The van der Waals surface area contributed by atoms with E-state index in [4.69, 9.17) is 10.5 Å². The first-order valence-electron chi connectivity index (χ1n) is 9.07. The molecule has 0 saturated carbocycles. The lowest BCUT2D eigenvalue weighted by molar-refractivity contribution is 0.0994. The highest BCUT2D eigenvalue weighted by Crippen LogP contribution is 2.33. The third-order valence-corrected chi connectivity index (χ3v) is 5.27. The summed E-state index contributed by atoms with van der Waals surface area (Å²) >= 11 is 1.02. The number of hydrogen-bond donors (Lipinski definition) is 1. The quantitative estimate of drug-likeness (QED) is 0.475. The van der Waals surface area contributed by atoms with Gasteiger partial charge in [-0.25, -0.2) is 22.9 Å². The van der Waals surface area contributed by atoms with E-state index < -0.39 is 29.0 Å². The molecule has 0 aliphatic carbocycles. The van der Waals surface area contributed by atoms with Crippen LogP contribution >= 0.6 is 11.3 Å². The number of nitrogens with two attached hydrogens (primary N) is 1. The van der Waals surface area contributed by atoms with Gasteiger partial charge < -0.3 is 10.5 Å². The van der Waals surface area contributed by atoms with Gasteiger partial charge in [0.15, 0.2) is 17.3 Å². The van der Waals surface area contributed by atoms with Crippen molar-refractivity contribution in [2.45, 2.75) is 13.5 Å². The Bertz CT molecular complexity index is 1380. The second kappa shape index (κ2) is 8.30. The van der Waals surface area contributed by atoms with E-state index in [-0.39, 0.29) is 34.3 Å². The van der Waals surface area contributed by atoms with Crippen molar-refractivity contribution in [2.75, 3.05) is 0 Å². The molecule has 1 amide bonds. The van der Waals surface area contributed by atoms with E-state index in [2.05, 4.69) is 10.1 Å². The monoisotopic (exact) mass is 461 g/mol. The minimum Gasteiger partial charge on any atom is -0.441 e. The number of benzene rings is 2. The second-order valence-corrected chi connectivity index (χ2v) is 7.77. The molecular weight excluding hydrogens is 447 g/mol. The molecule has 0 atom stereocenters. The van der Waals surface area contributed by atoms with Gasteiger partial charge in [0, 0.05) is 11.6 Å². The van der Waals surface area contributed by atoms with Gasteiger partial charge in [0.05, 0.1) is 17.2 Å². The smallest absolute Gasteiger partial charge is 0.350 e. The predicted octanol–water partition coefficient (Wildman–Crippen LogP) is 3.16. The van der Waals surface area contributed by atoms with E-state index in [1.807, 2.05) is 0 Å². The van der Waals surface area contributed by atoms with Crippen LogP contribution in [0.3, 0.4) is 0 Å². The van der Waals surface area contributed by atoms with Gasteiger partial charge in [-0.2, -0.15) is 9.78 Å². The molecule has 2 aromatic heterocycles. The summed E-state index contributed by atoms with van der Waals surface area (Å²) in [5.74, 6) is -3.48. The van der Waals surface area contributed by atoms with E-state index >= 15 is 0 Å². The van der Waals surface area contributed by atoms with Crippen molar-refractivity contribution in [3.05, 3.63) is 86.9 Å². The third kappa shape index (κ3) is 3.99. The van der Waals surface area contributed by atoms with Crippen molar-refractivity contribution in [3.8, 4) is 16.5 Å². The van der Waals surface area contributed by atoms with Crippen molar-refractivity contribution in [1.82, 2.24) is 19.3 Å². The third-order valence-electron chi connectivity index (χ3n) is 4.42. The van der Waals surface area contributed by atoms with E-state index in [9.17, 15) is 22.8 Å². The number of rotatable bonds is 6. The summed E-state index contributed by atoms with van der Waals surface area (Å²) in [6.07, 6.45) is 1.09. The highest BCUT2D eigenvalue weighted by molar-refractivity contribution is 7.13. The Morgan fingerprint density at radius 3 is 2.53 bits per heavy atom. The van der Waals surface area contributed by atoms with Crippen LogP contribution in [0.15, 0.2) is 47.5 Å². The maximum atomic E-state index is 14.6. The molecule has 2 N–H and O–H groups in total. The molecule has 2 aromatic carbocycles. The number of carbonyl (C=O) groups is 1. The van der Waals surface area contributed by atoms with Crippen LogP contribution in [-0.2, 0) is 6.54 Å². The van der Waals surface area contributed by atoms with Crippen LogP contribution in [-0.4, -0.2) is 25.2 Å². The number of hydrogen-bond acceptors (Lipinski definition) is 6. The Labute approximate surface area is 182 Å². The molecule has 0 fully saturated rings. The van der Waals surface area contributed by atoms with Gasteiger partial charge in [-0.05, 0) is 31.2 Å². The maximum absolute atomic E-state index is 14.6. The molecule has 4 rings (SSSR count). The molecule has 0 bridgehead atoms. The first-order valence-corrected chi connectivity index (χ1v) is 9.88. The fraction of sp³-hybridized carbons (Fsp3) is 0.100. The molecule has 0 aliphatic heterocycles. The molecule has 32 heavy (non-hydrogen) atoms. The second-order valence-electron chi connectivity index (χ2n) is 6.60. The Morgan fingerprint density at radius 2 is 1.88 bits per heavy atom. The minimum atomic E-state index is -0.842. The van der Waals surface area contributed by atoms with Crippen LogP contribution in [0.5, 0.6) is 10.8 Å². The van der Waals surface area contributed by atoms with E-state index in [1.165, 1.54) is 18.2 Å². The Balaban J connectivity index is 1.62. The van der Waals surface area contributed by atoms with Gasteiger partial charge in [0.1, 0.15) is 18.0 Å². The maximum Gasteiger partial charge on any atom is 0.350 e. The molecule has 0 spiro atoms. The van der Waals surface area contributed by atoms with Crippen molar-refractivity contribution >= 4 is 17.2 Å². The van der Waals surface area contributed by atoms with Crippen LogP contribution in [0, 0.1) is 24.4 Å². The largest absolute Gasteiger partial charge is 0.441 e. The number of halogens is 3. The number of nitrogens with zero attached hydrogens (tertiary/aromatic N) is 4. The molecule has 2 heterocycles. The van der Waals surface area contributed by atoms with Crippen LogP contribution < -0.4 is 16.2 Å². The van der Waals surface area contributed by atoms with Crippen molar-refractivity contribution in [1.29, 1.82) is 0 Å². The number of amides is 1. The van der Waals surface area contributed by atoms with Gasteiger partial charge in [-0.15, -0.1) is 0 Å². The van der Waals surface area contributed by atoms with Crippen molar-refractivity contribution < 1.29 is 22.7 Å². The van der Waals surface area contributed by atoms with Gasteiger partial charge >= 0.3 is 5.69 Å². The molecule has 0 unspecified atom stereocenters. The SMILES string of the molecule is Cc1nc(C(N)=O)c(Oc2ccc(-n3ncn(Cc4c(F)cccc4F)c3=O)cc2F)s1. The summed E-state index contributed by atoms with van der Waals surface area (Å²) in [6.45, 7) is 1.25. The Kier molecular flexibility index (Phi) is 5.53.